The minimum atomic E-state index is -0.909. The highest BCUT2D eigenvalue weighted by atomic mass is 16.4. The molecule has 146 valence electrons. The Balaban J connectivity index is 1.63. The van der Waals surface area contributed by atoms with Crippen LogP contribution in [0.1, 0.15) is 36.6 Å². The molecule has 1 aliphatic heterocycles. The van der Waals surface area contributed by atoms with Gasteiger partial charge in [-0.3, -0.25) is 19.4 Å². The molecule has 2 N–H and O–H groups in total. The largest absolute Gasteiger partial charge is 0.481 e. The third-order valence-corrected chi connectivity index (χ3v) is 4.83. The lowest BCUT2D eigenvalue weighted by molar-refractivity contribution is -0.137. The van der Waals surface area contributed by atoms with Crippen molar-refractivity contribution in [1.29, 1.82) is 0 Å². The van der Waals surface area contributed by atoms with E-state index in [1.807, 2.05) is 48.5 Å². The van der Waals surface area contributed by atoms with E-state index >= 15 is 0 Å². The molecule has 0 aliphatic carbocycles. The molecule has 0 saturated carbocycles. The summed E-state index contributed by atoms with van der Waals surface area (Å²) in [5, 5.41) is 11.9. The first kappa shape index (κ1) is 19.5. The summed E-state index contributed by atoms with van der Waals surface area (Å²) in [6.07, 6.45) is 2.07. The summed E-state index contributed by atoms with van der Waals surface area (Å²) in [4.78, 5) is 41.9. The van der Waals surface area contributed by atoms with Crippen molar-refractivity contribution in [1.82, 2.24) is 15.2 Å². The molecule has 28 heavy (non-hydrogen) atoms. The van der Waals surface area contributed by atoms with E-state index in [2.05, 4.69) is 10.3 Å². The molecule has 2 aromatic rings. The highest BCUT2D eigenvalue weighted by Gasteiger charge is 2.35. The first-order chi connectivity index (χ1) is 13.5. The molecule has 7 heteroatoms. The number of hydrogen-bond acceptors (Lipinski definition) is 4. The number of aliphatic carboxylic acids is 1. The van der Waals surface area contributed by atoms with Crippen LogP contribution in [0.2, 0.25) is 0 Å². The van der Waals surface area contributed by atoms with Gasteiger partial charge in [-0.05, 0) is 24.1 Å². The number of rotatable bonds is 8. The Morgan fingerprint density at radius 3 is 2.61 bits per heavy atom. The second-order valence-corrected chi connectivity index (χ2v) is 6.90. The van der Waals surface area contributed by atoms with Crippen molar-refractivity contribution in [2.45, 2.75) is 31.8 Å². The van der Waals surface area contributed by atoms with Gasteiger partial charge in [0.2, 0.25) is 11.8 Å². The number of pyridine rings is 1. The van der Waals surface area contributed by atoms with Crippen LogP contribution in [0.3, 0.4) is 0 Å². The smallest absolute Gasteiger partial charge is 0.303 e. The summed E-state index contributed by atoms with van der Waals surface area (Å²) in [6.45, 7) is 0.715. The number of nitrogens with zero attached hydrogens (tertiary/aromatic N) is 2. The normalized spacial score (nSPS) is 17.4. The average Bonchev–Trinajstić information content (AvgIpc) is 3.07. The number of likely N-dealkylation sites (tertiary alicyclic amines) is 1. The van der Waals surface area contributed by atoms with Crippen molar-refractivity contribution in [2.24, 2.45) is 5.92 Å². The third-order valence-electron chi connectivity index (χ3n) is 4.83. The third kappa shape index (κ3) is 5.16. The topological polar surface area (TPSA) is 99.6 Å². The molecule has 7 nitrogen and oxygen atoms in total. The molecule has 1 aliphatic rings. The Kier molecular flexibility index (Phi) is 6.37. The first-order valence-electron chi connectivity index (χ1n) is 9.27. The predicted octanol–water partition coefficient (Wildman–Crippen LogP) is 2.15. The monoisotopic (exact) mass is 381 g/mol. The van der Waals surface area contributed by atoms with Gasteiger partial charge in [0.1, 0.15) is 0 Å². The maximum atomic E-state index is 12.8. The van der Waals surface area contributed by atoms with Crippen LogP contribution in [0.15, 0.2) is 54.7 Å². The number of carboxylic acids is 1. The summed E-state index contributed by atoms with van der Waals surface area (Å²) in [5.41, 5.74) is 1.63. The first-order valence-corrected chi connectivity index (χ1v) is 9.27. The van der Waals surface area contributed by atoms with Crippen molar-refractivity contribution in [3.8, 4) is 0 Å². The van der Waals surface area contributed by atoms with Crippen molar-refractivity contribution in [3.63, 3.8) is 0 Å². The summed E-state index contributed by atoms with van der Waals surface area (Å²) < 4.78 is 0. The van der Waals surface area contributed by atoms with Crippen molar-refractivity contribution < 1.29 is 19.5 Å². The maximum absolute atomic E-state index is 12.8. The zero-order valence-electron chi connectivity index (χ0n) is 15.5. The Morgan fingerprint density at radius 1 is 1.18 bits per heavy atom. The molecule has 1 aromatic heterocycles. The van der Waals surface area contributed by atoms with Gasteiger partial charge in [0.15, 0.2) is 0 Å². The molecule has 2 amide bonds. The Hall–Kier alpha value is -3.22. The molecule has 2 heterocycles. The van der Waals surface area contributed by atoms with E-state index in [9.17, 15) is 14.4 Å². The molecule has 3 rings (SSSR count). The van der Waals surface area contributed by atoms with Crippen LogP contribution in [0.25, 0.3) is 0 Å². The fourth-order valence-electron chi connectivity index (χ4n) is 3.35. The van der Waals surface area contributed by atoms with E-state index in [0.717, 1.165) is 11.3 Å². The second kappa shape index (κ2) is 9.12. The zero-order chi connectivity index (χ0) is 19.9. The maximum Gasteiger partial charge on any atom is 0.303 e. The Morgan fingerprint density at radius 2 is 1.93 bits per heavy atom. The van der Waals surface area contributed by atoms with Crippen LogP contribution in [-0.2, 0) is 20.9 Å². The number of carbonyl (C=O) groups is 3. The minimum Gasteiger partial charge on any atom is -0.481 e. The number of nitrogens with one attached hydrogen (secondary N) is 1. The summed E-state index contributed by atoms with van der Waals surface area (Å²) in [5.74, 6) is -1.66. The van der Waals surface area contributed by atoms with Gasteiger partial charge in [-0.25, -0.2) is 0 Å². The highest BCUT2D eigenvalue weighted by Crippen LogP contribution is 2.23. The van der Waals surface area contributed by atoms with E-state index in [-0.39, 0.29) is 24.7 Å². The molecule has 0 bridgehead atoms. The van der Waals surface area contributed by atoms with Crippen LogP contribution in [0.4, 0.5) is 0 Å². The zero-order valence-corrected chi connectivity index (χ0v) is 15.5. The lowest BCUT2D eigenvalue weighted by atomic mass is 10.00. The number of carboxylic acid groups (broad SMARTS) is 1. The molecule has 1 aromatic carbocycles. The van der Waals surface area contributed by atoms with Gasteiger partial charge >= 0.3 is 5.97 Å². The predicted molar refractivity (Wildman–Crippen MR) is 102 cm³/mol. The molecule has 0 radical (unpaired) electrons. The van der Waals surface area contributed by atoms with Crippen molar-refractivity contribution >= 4 is 17.8 Å². The van der Waals surface area contributed by atoms with Crippen molar-refractivity contribution in [2.75, 3.05) is 6.54 Å². The quantitative estimate of drug-likeness (QED) is 0.730. The number of aromatic nitrogens is 1. The molecule has 1 fully saturated rings. The van der Waals surface area contributed by atoms with E-state index in [1.165, 1.54) is 0 Å². The molecule has 0 unspecified atom stereocenters. The summed E-state index contributed by atoms with van der Waals surface area (Å²) in [7, 11) is 0. The lowest BCUT2D eigenvalue weighted by Crippen LogP contribution is -2.35. The summed E-state index contributed by atoms with van der Waals surface area (Å²) >= 11 is 0. The van der Waals surface area contributed by atoms with E-state index in [1.54, 1.807) is 11.1 Å². The fraction of sp³-hybridized carbons (Fsp3) is 0.333. The van der Waals surface area contributed by atoms with Crippen LogP contribution < -0.4 is 5.32 Å². The van der Waals surface area contributed by atoms with Crippen molar-refractivity contribution in [3.05, 3.63) is 66.0 Å². The Bertz CT molecular complexity index is 826. The van der Waals surface area contributed by atoms with Crippen LogP contribution in [0.5, 0.6) is 0 Å². The number of amides is 2. The van der Waals surface area contributed by atoms with Crippen LogP contribution in [0, 0.1) is 5.92 Å². The molecule has 0 spiro atoms. The molecule has 2 atom stereocenters. The highest BCUT2D eigenvalue weighted by molar-refractivity contribution is 5.89. The fourth-order valence-corrected chi connectivity index (χ4v) is 3.35. The molecular weight excluding hydrogens is 358 g/mol. The number of carbonyl (C=O) groups excluding carboxylic acids is 2. The second-order valence-electron chi connectivity index (χ2n) is 6.90. The van der Waals surface area contributed by atoms with E-state index in [0.29, 0.717) is 19.5 Å². The molecular formula is C21H23N3O4. The number of benzene rings is 1. The van der Waals surface area contributed by atoms with Crippen LogP contribution >= 0.6 is 0 Å². The summed E-state index contributed by atoms with van der Waals surface area (Å²) in [6, 6.07) is 14.4. The van der Waals surface area contributed by atoms with Gasteiger partial charge < -0.3 is 15.3 Å². The average molecular weight is 381 g/mol. The van der Waals surface area contributed by atoms with Gasteiger partial charge in [0.05, 0.1) is 24.2 Å². The Labute approximate surface area is 163 Å². The molecule has 1 saturated heterocycles. The van der Waals surface area contributed by atoms with Crippen LogP contribution in [-0.4, -0.2) is 39.3 Å². The van der Waals surface area contributed by atoms with Gasteiger partial charge in [-0.15, -0.1) is 0 Å². The van der Waals surface area contributed by atoms with E-state index in [4.69, 9.17) is 5.11 Å². The SMILES string of the molecule is O=C(O)CC[C@@H](NC(=O)[C@H]1CC(=O)N(Cc2ccccn2)C1)c1ccccc1. The number of hydrogen-bond donors (Lipinski definition) is 2. The minimum absolute atomic E-state index is 0.0464. The van der Waals surface area contributed by atoms with Gasteiger partial charge in [-0.1, -0.05) is 36.4 Å². The van der Waals surface area contributed by atoms with Gasteiger partial charge in [-0.2, -0.15) is 0 Å². The van der Waals surface area contributed by atoms with Gasteiger partial charge in [0, 0.05) is 25.6 Å². The standard InChI is InChI=1S/C21H23N3O4/c25-19-12-16(13-24(19)14-17-8-4-5-11-22-17)21(28)23-18(9-10-20(26)27)15-6-2-1-3-7-15/h1-8,11,16,18H,9-10,12-14H2,(H,23,28)(H,26,27)/t16-,18+/m0/s1. The van der Waals surface area contributed by atoms with E-state index < -0.39 is 17.9 Å². The van der Waals surface area contributed by atoms with Gasteiger partial charge in [0.25, 0.3) is 0 Å². The lowest BCUT2D eigenvalue weighted by Gasteiger charge is -2.21.